The van der Waals surface area contributed by atoms with Gasteiger partial charge in [-0.25, -0.2) is 8.42 Å². The van der Waals surface area contributed by atoms with Crippen LogP contribution in [0.3, 0.4) is 0 Å². The fraction of sp³-hybridized carbons (Fsp3) is 0.533. The molecular formula is C15H24N2O4S. The fourth-order valence-electron chi connectivity index (χ4n) is 2.08. The summed E-state index contributed by atoms with van der Waals surface area (Å²) in [6.45, 7) is 2.59. The van der Waals surface area contributed by atoms with Crippen LogP contribution in [-0.2, 0) is 19.6 Å². The van der Waals surface area contributed by atoms with Crippen molar-refractivity contribution in [2.75, 3.05) is 33.1 Å². The average Bonchev–Trinajstić information content (AvgIpc) is 2.48. The Morgan fingerprint density at radius 2 is 1.95 bits per heavy atom. The zero-order chi connectivity index (χ0) is 16.6. The van der Waals surface area contributed by atoms with Gasteiger partial charge in [-0.05, 0) is 18.9 Å². The van der Waals surface area contributed by atoms with Crippen molar-refractivity contribution >= 4 is 15.9 Å². The zero-order valence-corrected chi connectivity index (χ0v) is 14.1. The highest BCUT2D eigenvalue weighted by Crippen LogP contribution is 2.22. The molecule has 0 aliphatic heterocycles. The number of benzene rings is 1. The van der Waals surface area contributed by atoms with Crippen molar-refractivity contribution in [2.45, 2.75) is 19.4 Å². The molecule has 0 aliphatic carbocycles. The lowest BCUT2D eigenvalue weighted by Gasteiger charge is -2.26. The molecule has 0 spiro atoms. The predicted octanol–water partition coefficient (Wildman–Crippen LogP) is 1.16. The van der Waals surface area contributed by atoms with Crippen LogP contribution in [0.25, 0.3) is 0 Å². The molecule has 0 saturated heterocycles. The Balaban J connectivity index is 2.72. The number of methoxy groups -OCH3 is 1. The highest BCUT2D eigenvalue weighted by atomic mass is 32.2. The summed E-state index contributed by atoms with van der Waals surface area (Å²) in [5.41, 5.74) is 0.847. The number of nitrogens with one attached hydrogen (secondary N) is 1. The van der Waals surface area contributed by atoms with Crippen molar-refractivity contribution in [1.29, 1.82) is 0 Å². The summed E-state index contributed by atoms with van der Waals surface area (Å²) in [6, 6.07) is 8.84. The second kappa shape index (κ2) is 8.87. The quantitative estimate of drug-likeness (QED) is 0.690. The summed E-state index contributed by atoms with van der Waals surface area (Å²) in [7, 11) is -1.90. The third kappa shape index (κ3) is 6.13. The van der Waals surface area contributed by atoms with Gasteiger partial charge >= 0.3 is 0 Å². The smallest absolute Gasteiger partial charge is 0.235 e. The molecule has 22 heavy (non-hydrogen) atoms. The molecule has 0 radical (unpaired) electrons. The monoisotopic (exact) mass is 328 g/mol. The predicted molar refractivity (Wildman–Crippen MR) is 85.9 cm³/mol. The molecule has 0 fully saturated rings. The Morgan fingerprint density at radius 3 is 2.50 bits per heavy atom. The summed E-state index contributed by atoms with van der Waals surface area (Å²) in [4.78, 5) is 11.9. The maximum atomic E-state index is 12.0. The number of sulfonamides is 1. The number of carbonyl (C=O) groups is 1. The average molecular weight is 328 g/mol. The molecule has 1 amide bonds. The molecule has 0 heterocycles. The first-order chi connectivity index (χ1) is 10.4. The summed E-state index contributed by atoms with van der Waals surface area (Å²) in [6.07, 6.45) is 1.81. The molecule has 0 aliphatic rings. The van der Waals surface area contributed by atoms with Crippen LogP contribution in [0.15, 0.2) is 30.3 Å². The van der Waals surface area contributed by atoms with E-state index in [4.69, 9.17) is 4.74 Å². The van der Waals surface area contributed by atoms with Gasteiger partial charge in [-0.15, -0.1) is 0 Å². The Hall–Kier alpha value is -1.44. The first kappa shape index (κ1) is 18.6. The molecule has 1 unspecified atom stereocenters. The second-order valence-electron chi connectivity index (χ2n) is 5.09. The minimum absolute atomic E-state index is 0.193. The van der Waals surface area contributed by atoms with Crippen molar-refractivity contribution in [3.8, 4) is 0 Å². The normalized spacial score (nSPS) is 13.1. The van der Waals surface area contributed by atoms with E-state index in [-0.39, 0.29) is 12.5 Å². The standard InChI is InChI=1S/C15H24N2O4S/c1-13(14-8-5-4-6-9-14)17(22(3,19)20)12-15(18)16-10-7-11-21-2/h4-6,8-9,13H,7,10-12H2,1-3H3,(H,16,18). The fourth-order valence-corrected chi connectivity index (χ4v) is 3.13. The van der Waals surface area contributed by atoms with Crippen LogP contribution in [0.1, 0.15) is 24.9 Å². The van der Waals surface area contributed by atoms with Crippen molar-refractivity contribution in [3.63, 3.8) is 0 Å². The molecule has 1 atom stereocenters. The van der Waals surface area contributed by atoms with Crippen LogP contribution < -0.4 is 5.32 Å². The topological polar surface area (TPSA) is 75.7 Å². The molecule has 124 valence electrons. The minimum atomic E-state index is -3.49. The van der Waals surface area contributed by atoms with Gasteiger partial charge in [-0.3, -0.25) is 4.79 Å². The van der Waals surface area contributed by atoms with E-state index >= 15 is 0 Å². The zero-order valence-electron chi connectivity index (χ0n) is 13.3. The summed E-state index contributed by atoms with van der Waals surface area (Å²) in [5.74, 6) is -0.315. The van der Waals surface area contributed by atoms with Gasteiger partial charge < -0.3 is 10.1 Å². The van der Waals surface area contributed by atoms with Gasteiger partial charge in [0.05, 0.1) is 12.8 Å². The number of hydrogen-bond donors (Lipinski definition) is 1. The van der Waals surface area contributed by atoms with Crippen LogP contribution in [0.2, 0.25) is 0 Å². The van der Waals surface area contributed by atoms with Crippen molar-refractivity contribution in [1.82, 2.24) is 9.62 Å². The largest absolute Gasteiger partial charge is 0.385 e. The number of hydrogen-bond acceptors (Lipinski definition) is 4. The van der Waals surface area contributed by atoms with Crippen LogP contribution >= 0.6 is 0 Å². The van der Waals surface area contributed by atoms with Gasteiger partial charge in [0, 0.05) is 26.3 Å². The first-order valence-electron chi connectivity index (χ1n) is 7.13. The number of amides is 1. The minimum Gasteiger partial charge on any atom is -0.385 e. The Morgan fingerprint density at radius 1 is 1.32 bits per heavy atom. The van der Waals surface area contributed by atoms with Crippen molar-refractivity contribution in [3.05, 3.63) is 35.9 Å². The molecule has 0 aromatic heterocycles. The second-order valence-corrected chi connectivity index (χ2v) is 7.03. The lowest BCUT2D eigenvalue weighted by Crippen LogP contribution is -2.41. The van der Waals surface area contributed by atoms with Crippen LogP contribution in [-0.4, -0.2) is 51.7 Å². The molecule has 0 bridgehead atoms. The molecule has 7 heteroatoms. The van der Waals surface area contributed by atoms with E-state index in [1.165, 1.54) is 4.31 Å². The SMILES string of the molecule is COCCCNC(=O)CN(C(C)c1ccccc1)S(C)(=O)=O. The Kier molecular flexibility index (Phi) is 7.50. The van der Waals surface area contributed by atoms with E-state index in [0.29, 0.717) is 19.6 Å². The molecule has 1 N–H and O–H groups in total. The van der Waals surface area contributed by atoms with Gasteiger partial charge in [0.25, 0.3) is 0 Å². The number of carbonyl (C=O) groups excluding carboxylic acids is 1. The first-order valence-corrected chi connectivity index (χ1v) is 8.98. The van der Waals surface area contributed by atoms with E-state index in [1.807, 2.05) is 30.3 Å². The summed E-state index contributed by atoms with van der Waals surface area (Å²) >= 11 is 0. The number of ether oxygens (including phenoxy) is 1. The van der Waals surface area contributed by atoms with Gasteiger partial charge in [0.1, 0.15) is 0 Å². The van der Waals surface area contributed by atoms with Gasteiger partial charge in [0.15, 0.2) is 0 Å². The van der Waals surface area contributed by atoms with E-state index in [2.05, 4.69) is 5.32 Å². The Labute approximate surface area is 132 Å². The lowest BCUT2D eigenvalue weighted by molar-refractivity contribution is -0.121. The Bertz CT molecular complexity index is 560. The molecule has 1 aromatic carbocycles. The van der Waals surface area contributed by atoms with Gasteiger partial charge in [-0.1, -0.05) is 30.3 Å². The van der Waals surface area contributed by atoms with Crippen LogP contribution in [0.5, 0.6) is 0 Å². The third-order valence-corrected chi connectivity index (χ3v) is 4.58. The van der Waals surface area contributed by atoms with E-state index in [9.17, 15) is 13.2 Å². The maximum Gasteiger partial charge on any atom is 0.235 e. The molecule has 6 nitrogen and oxygen atoms in total. The molecular weight excluding hydrogens is 304 g/mol. The lowest BCUT2D eigenvalue weighted by atomic mass is 10.1. The third-order valence-electron chi connectivity index (χ3n) is 3.29. The summed E-state index contributed by atoms with van der Waals surface area (Å²) < 4.78 is 30.1. The van der Waals surface area contributed by atoms with Crippen molar-refractivity contribution in [2.24, 2.45) is 0 Å². The molecule has 0 saturated carbocycles. The van der Waals surface area contributed by atoms with Crippen LogP contribution in [0, 0.1) is 0 Å². The highest BCUT2D eigenvalue weighted by molar-refractivity contribution is 7.88. The van der Waals surface area contributed by atoms with E-state index in [1.54, 1.807) is 14.0 Å². The van der Waals surface area contributed by atoms with E-state index in [0.717, 1.165) is 11.8 Å². The van der Waals surface area contributed by atoms with Gasteiger partial charge in [-0.2, -0.15) is 4.31 Å². The summed E-state index contributed by atoms with van der Waals surface area (Å²) in [5, 5.41) is 2.70. The van der Waals surface area contributed by atoms with Crippen LogP contribution in [0.4, 0.5) is 0 Å². The highest BCUT2D eigenvalue weighted by Gasteiger charge is 2.26. The maximum absolute atomic E-state index is 12.0. The molecule has 1 rings (SSSR count). The molecule has 1 aromatic rings. The van der Waals surface area contributed by atoms with Gasteiger partial charge in [0.2, 0.25) is 15.9 Å². The number of nitrogens with zero attached hydrogens (tertiary/aromatic N) is 1. The number of rotatable bonds is 9. The van der Waals surface area contributed by atoms with E-state index < -0.39 is 16.1 Å². The van der Waals surface area contributed by atoms with Crippen molar-refractivity contribution < 1.29 is 17.9 Å².